The predicted molar refractivity (Wildman–Crippen MR) is 122 cm³/mol. The van der Waals surface area contributed by atoms with Crippen molar-refractivity contribution in [2.75, 3.05) is 13.7 Å². The van der Waals surface area contributed by atoms with Gasteiger partial charge in [0.25, 0.3) is 5.91 Å². The molecule has 1 saturated heterocycles. The zero-order valence-electron chi connectivity index (χ0n) is 15.8. The third-order valence-electron chi connectivity index (χ3n) is 4.12. The average Bonchev–Trinajstić information content (AvgIpc) is 2.89. The van der Waals surface area contributed by atoms with Crippen LogP contribution in [0.2, 0.25) is 0 Å². The van der Waals surface area contributed by atoms with E-state index in [4.69, 9.17) is 21.7 Å². The summed E-state index contributed by atoms with van der Waals surface area (Å²) in [5.74, 6) is 1.17. The molecule has 0 spiro atoms. The lowest BCUT2D eigenvalue weighted by Crippen LogP contribution is -2.22. The van der Waals surface area contributed by atoms with Gasteiger partial charge in [-0.25, -0.2) is 0 Å². The van der Waals surface area contributed by atoms with Gasteiger partial charge in [-0.1, -0.05) is 53.8 Å². The van der Waals surface area contributed by atoms with Crippen LogP contribution in [0.25, 0.3) is 6.08 Å². The zero-order chi connectivity index (χ0) is 20.3. The van der Waals surface area contributed by atoms with Gasteiger partial charge in [-0.05, 0) is 59.1 Å². The van der Waals surface area contributed by atoms with Crippen molar-refractivity contribution in [2.45, 2.75) is 20.5 Å². The Morgan fingerprint density at radius 3 is 2.54 bits per heavy atom. The third kappa shape index (κ3) is 4.77. The van der Waals surface area contributed by atoms with E-state index in [0.717, 1.165) is 15.6 Å². The number of ether oxygens (including phenoxy) is 2. The van der Waals surface area contributed by atoms with Crippen LogP contribution in [0.15, 0.2) is 45.8 Å². The van der Waals surface area contributed by atoms with Crippen LogP contribution in [0, 0.1) is 6.92 Å². The molecule has 4 nitrogen and oxygen atoms in total. The molecule has 0 unspecified atom stereocenters. The van der Waals surface area contributed by atoms with Crippen LogP contribution in [0.1, 0.15) is 23.6 Å². The molecule has 3 rings (SSSR count). The minimum absolute atomic E-state index is 0.0937. The largest absolute Gasteiger partial charge is 0.490 e. The maximum Gasteiger partial charge on any atom is 0.265 e. The second-order valence-electron chi connectivity index (χ2n) is 6.28. The minimum Gasteiger partial charge on any atom is -0.490 e. The third-order valence-corrected chi connectivity index (χ3v) is 6.19. The lowest BCUT2D eigenvalue weighted by atomic mass is 10.1. The Bertz CT molecular complexity index is 941. The zero-order valence-corrected chi connectivity index (χ0v) is 19.0. The normalized spacial score (nSPS) is 15.4. The standard InChI is InChI=1S/C21H20BrNO3S2/c1-4-25-17-10-15(11-18-20(24)23(3)21(27)28-18)9-16(22)19(17)26-12-14-7-5-13(2)6-8-14/h5-11H,4,12H2,1-3H3/b18-11-. The van der Waals surface area contributed by atoms with Crippen molar-refractivity contribution in [1.29, 1.82) is 0 Å². The van der Waals surface area contributed by atoms with Gasteiger partial charge in [-0.2, -0.15) is 0 Å². The molecule has 0 atom stereocenters. The van der Waals surface area contributed by atoms with Crippen LogP contribution in [0.3, 0.4) is 0 Å². The van der Waals surface area contributed by atoms with Gasteiger partial charge >= 0.3 is 0 Å². The summed E-state index contributed by atoms with van der Waals surface area (Å²) in [4.78, 5) is 14.3. The van der Waals surface area contributed by atoms with Gasteiger partial charge in [0.2, 0.25) is 0 Å². The van der Waals surface area contributed by atoms with E-state index in [0.29, 0.717) is 33.9 Å². The van der Waals surface area contributed by atoms with E-state index in [1.54, 1.807) is 7.05 Å². The molecule has 0 radical (unpaired) electrons. The number of thioether (sulfide) groups is 1. The Kier molecular flexibility index (Phi) is 6.80. The van der Waals surface area contributed by atoms with Crippen molar-refractivity contribution < 1.29 is 14.3 Å². The summed E-state index contributed by atoms with van der Waals surface area (Å²) >= 11 is 10.1. The lowest BCUT2D eigenvalue weighted by molar-refractivity contribution is -0.121. The first-order chi connectivity index (χ1) is 13.4. The lowest BCUT2D eigenvalue weighted by Gasteiger charge is -2.15. The highest BCUT2D eigenvalue weighted by Gasteiger charge is 2.28. The fourth-order valence-electron chi connectivity index (χ4n) is 2.61. The van der Waals surface area contributed by atoms with E-state index in [-0.39, 0.29) is 5.91 Å². The first kappa shape index (κ1) is 20.9. The predicted octanol–water partition coefficient (Wildman–Crippen LogP) is 5.57. The number of aryl methyl sites for hydroxylation is 1. The number of hydrogen-bond donors (Lipinski definition) is 0. The molecular weight excluding hydrogens is 458 g/mol. The number of nitrogens with zero attached hydrogens (tertiary/aromatic N) is 1. The summed E-state index contributed by atoms with van der Waals surface area (Å²) in [5, 5.41) is 0. The molecule has 0 aromatic heterocycles. The van der Waals surface area contributed by atoms with Gasteiger partial charge in [-0.3, -0.25) is 9.69 Å². The smallest absolute Gasteiger partial charge is 0.265 e. The van der Waals surface area contributed by atoms with Gasteiger partial charge < -0.3 is 9.47 Å². The molecule has 28 heavy (non-hydrogen) atoms. The molecule has 1 aliphatic heterocycles. The van der Waals surface area contributed by atoms with E-state index < -0.39 is 0 Å². The molecule has 1 heterocycles. The topological polar surface area (TPSA) is 38.8 Å². The van der Waals surface area contributed by atoms with Crippen LogP contribution in [0.4, 0.5) is 0 Å². The molecular formula is C21H20BrNO3S2. The SMILES string of the molecule is CCOc1cc(/C=C2\SC(=S)N(C)C2=O)cc(Br)c1OCc1ccc(C)cc1. The van der Waals surface area contributed by atoms with Crippen molar-refractivity contribution >= 4 is 56.2 Å². The first-order valence-electron chi connectivity index (χ1n) is 8.75. The summed E-state index contributed by atoms with van der Waals surface area (Å²) in [6.07, 6.45) is 1.82. The molecule has 0 N–H and O–H groups in total. The highest BCUT2D eigenvalue weighted by atomic mass is 79.9. The molecule has 1 amide bonds. The Balaban J connectivity index is 1.86. The number of halogens is 1. The van der Waals surface area contributed by atoms with Crippen molar-refractivity contribution in [3.8, 4) is 11.5 Å². The molecule has 0 saturated carbocycles. The number of hydrogen-bond acceptors (Lipinski definition) is 5. The number of amides is 1. The number of carbonyl (C=O) groups excluding carboxylic acids is 1. The van der Waals surface area contributed by atoms with E-state index in [2.05, 4.69) is 35.0 Å². The fourth-order valence-corrected chi connectivity index (χ4v) is 4.36. The van der Waals surface area contributed by atoms with Crippen molar-refractivity contribution in [3.05, 3.63) is 62.5 Å². The number of carbonyl (C=O) groups is 1. The van der Waals surface area contributed by atoms with Crippen LogP contribution in [-0.2, 0) is 11.4 Å². The second kappa shape index (κ2) is 9.11. The molecule has 7 heteroatoms. The maximum absolute atomic E-state index is 12.2. The van der Waals surface area contributed by atoms with Crippen molar-refractivity contribution in [3.63, 3.8) is 0 Å². The number of benzene rings is 2. The summed E-state index contributed by atoms with van der Waals surface area (Å²) in [6, 6.07) is 12.0. The Hall–Kier alpha value is -1.83. The highest BCUT2D eigenvalue weighted by Crippen LogP contribution is 2.39. The molecule has 146 valence electrons. The van der Waals surface area contributed by atoms with Gasteiger partial charge in [0.05, 0.1) is 16.0 Å². The van der Waals surface area contributed by atoms with Crippen LogP contribution >= 0.6 is 39.9 Å². The van der Waals surface area contributed by atoms with E-state index in [1.807, 2.05) is 37.3 Å². The number of rotatable bonds is 6. The average molecular weight is 478 g/mol. The molecule has 2 aromatic rings. The number of thiocarbonyl (C=S) groups is 1. The van der Waals surface area contributed by atoms with Gasteiger partial charge in [0, 0.05) is 7.05 Å². The van der Waals surface area contributed by atoms with Crippen LogP contribution in [0.5, 0.6) is 11.5 Å². The van der Waals surface area contributed by atoms with Gasteiger partial charge in [0.15, 0.2) is 11.5 Å². The Labute approximate surface area is 183 Å². The van der Waals surface area contributed by atoms with Crippen LogP contribution < -0.4 is 9.47 Å². The summed E-state index contributed by atoms with van der Waals surface area (Å²) in [6.45, 7) is 4.92. The molecule has 1 aliphatic rings. The fraction of sp³-hybridized carbons (Fsp3) is 0.238. The molecule has 1 fully saturated rings. The molecule has 0 aliphatic carbocycles. The highest BCUT2D eigenvalue weighted by molar-refractivity contribution is 9.10. The molecule has 2 aromatic carbocycles. The summed E-state index contributed by atoms with van der Waals surface area (Å²) in [5.41, 5.74) is 3.13. The van der Waals surface area contributed by atoms with E-state index in [1.165, 1.54) is 22.2 Å². The minimum atomic E-state index is -0.0937. The quantitative estimate of drug-likeness (QED) is 0.401. The Morgan fingerprint density at radius 1 is 1.21 bits per heavy atom. The molecule has 0 bridgehead atoms. The summed E-state index contributed by atoms with van der Waals surface area (Å²) < 4.78 is 13.1. The van der Waals surface area contributed by atoms with Crippen LogP contribution in [-0.4, -0.2) is 28.8 Å². The first-order valence-corrected chi connectivity index (χ1v) is 10.8. The van der Waals surface area contributed by atoms with Gasteiger partial charge in [-0.15, -0.1) is 0 Å². The monoisotopic (exact) mass is 477 g/mol. The Morgan fingerprint density at radius 2 is 1.93 bits per heavy atom. The number of likely N-dealkylation sites (N-methyl/N-ethyl adjacent to an activating group) is 1. The van der Waals surface area contributed by atoms with E-state index in [9.17, 15) is 4.79 Å². The second-order valence-corrected chi connectivity index (χ2v) is 8.81. The summed E-state index contributed by atoms with van der Waals surface area (Å²) in [7, 11) is 1.68. The van der Waals surface area contributed by atoms with Gasteiger partial charge in [0.1, 0.15) is 10.9 Å². The van der Waals surface area contributed by atoms with Crippen molar-refractivity contribution in [2.24, 2.45) is 0 Å². The van der Waals surface area contributed by atoms with E-state index >= 15 is 0 Å². The maximum atomic E-state index is 12.2. The van der Waals surface area contributed by atoms with Crippen molar-refractivity contribution in [1.82, 2.24) is 4.90 Å².